The van der Waals surface area contributed by atoms with Crippen LogP contribution in [0.5, 0.6) is 0 Å². The lowest BCUT2D eigenvalue weighted by Crippen LogP contribution is -2.30. The van der Waals surface area contributed by atoms with Crippen LogP contribution >= 0.6 is 22.9 Å². The van der Waals surface area contributed by atoms with Crippen LogP contribution in [0.25, 0.3) is 4.96 Å². The summed E-state index contributed by atoms with van der Waals surface area (Å²) in [6.07, 6.45) is 4.00. The number of aromatic nitrogens is 2. The van der Waals surface area contributed by atoms with Crippen LogP contribution in [-0.2, 0) is 11.3 Å². The number of aliphatic hydroxyl groups is 1. The zero-order valence-electron chi connectivity index (χ0n) is 11.1. The summed E-state index contributed by atoms with van der Waals surface area (Å²) in [5, 5.41) is 15.5. The fraction of sp³-hybridized carbons (Fsp3) is 0.615. The van der Waals surface area contributed by atoms with Gasteiger partial charge in [-0.15, -0.1) is 11.3 Å². The van der Waals surface area contributed by atoms with Gasteiger partial charge in [0.15, 0.2) is 10.1 Å². The Balaban J connectivity index is 1.42. The Kier molecular flexibility index (Phi) is 4.58. The molecule has 1 unspecified atom stereocenters. The molecule has 0 aliphatic heterocycles. The highest BCUT2D eigenvalue weighted by molar-refractivity contribution is 7.15. The Morgan fingerprint density at radius 1 is 1.60 bits per heavy atom. The molecule has 2 heterocycles. The van der Waals surface area contributed by atoms with Crippen LogP contribution in [0.3, 0.4) is 0 Å². The summed E-state index contributed by atoms with van der Waals surface area (Å²) in [4.78, 5) is 5.16. The number of rotatable bonds is 8. The Morgan fingerprint density at radius 2 is 2.45 bits per heavy atom. The van der Waals surface area contributed by atoms with Crippen LogP contribution in [0.15, 0.2) is 11.6 Å². The van der Waals surface area contributed by atoms with Gasteiger partial charge in [-0.25, -0.2) is 4.98 Å². The van der Waals surface area contributed by atoms with Crippen molar-refractivity contribution in [3.8, 4) is 0 Å². The fourth-order valence-corrected chi connectivity index (χ4v) is 3.06. The van der Waals surface area contributed by atoms with Gasteiger partial charge in [0.1, 0.15) is 0 Å². The van der Waals surface area contributed by atoms with E-state index in [1.54, 1.807) is 11.3 Å². The monoisotopic (exact) mass is 315 g/mol. The zero-order valence-corrected chi connectivity index (χ0v) is 12.7. The van der Waals surface area contributed by atoms with Crippen LogP contribution in [0.1, 0.15) is 18.5 Å². The van der Waals surface area contributed by atoms with Crippen molar-refractivity contribution in [3.63, 3.8) is 0 Å². The lowest BCUT2D eigenvalue weighted by Gasteiger charge is -2.12. The van der Waals surface area contributed by atoms with E-state index < -0.39 is 6.10 Å². The van der Waals surface area contributed by atoms with Crippen LogP contribution in [0.4, 0.5) is 0 Å². The second kappa shape index (κ2) is 6.41. The molecule has 0 amide bonds. The van der Waals surface area contributed by atoms with E-state index in [0.717, 1.165) is 23.2 Å². The van der Waals surface area contributed by atoms with Crippen molar-refractivity contribution < 1.29 is 9.84 Å². The molecule has 0 spiro atoms. The summed E-state index contributed by atoms with van der Waals surface area (Å²) >= 11 is 7.65. The van der Waals surface area contributed by atoms with Crippen LogP contribution in [0.2, 0.25) is 5.15 Å². The lowest BCUT2D eigenvalue weighted by molar-refractivity contribution is 0.0324. The Morgan fingerprint density at radius 3 is 3.25 bits per heavy atom. The van der Waals surface area contributed by atoms with Crippen molar-refractivity contribution in [1.82, 2.24) is 14.7 Å². The van der Waals surface area contributed by atoms with Crippen molar-refractivity contribution in [2.45, 2.75) is 25.5 Å². The van der Waals surface area contributed by atoms with Crippen molar-refractivity contribution >= 4 is 27.9 Å². The minimum absolute atomic E-state index is 0.386. The molecule has 1 aliphatic rings. The molecule has 1 saturated carbocycles. The van der Waals surface area contributed by atoms with Crippen molar-refractivity contribution in [2.75, 3.05) is 19.8 Å². The smallest absolute Gasteiger partial charge is 0.195 e. The molecule has 7 heteroatoms. The zero-order chi connectivity index (χ0) is 13.9. The van der Waals surface area contributed by atoms with Gasteiger partial charge in [-0.2, -0.15) is 0 Å². The summed E-state index contributed by atoms with van der Waals surface area (Å²) in [5.41, 5.74) is 0.925. The van der Waals surface area contributed by atoms with Gasteiger partial charge in [-0.05, 0) is 18.8 Å². The number of thiazole rings is 1. The van der Waals surface area contributed by atoms with E-state index in [9.17, 15) is 5.11 Å². The van der Waals surface area contributed by atoms with Crippen molar-refractivity contribution in [3.05, 3.63) is 22.4 Å². The molecule has 1 atom stereocenters. The van der Waals surface area contributed by atoms with Crippen LogP contribution in [-0.4, -0.2) is 40.4 Å². The Hall–Kier alpha value is -0.660. The standard InChI is InChI=1S/C13H18ClN3O2S/c14-12-11(17-3-4-20-13(17)16-12)6-15-5-10(18)8-19-7-9-1-2-9/h3-4,9-10,15,18H,1-2,5-8H2. The average molecular weight is 316 g/mol. The Bertz CT molecular complexity index is 567. The highest BCUT2D eigenvalue weighted by atomic mass is 35.5. The van der Waals surface area contributed by atoms with Crippen LogP contribution in [0, 0.1) is 5.92 Å². The molecule has 2 aromatic rings. The van der Waals surface area contributed by atoms with E-state index in [-0.39, 0.29) is 0 Å². The molecule has 20 heavy (non-hydrogen) atoms. The summed E-state index contributed by atoms with van der Waals surface area (Å²) < 4.78 is 7.42. The first-order valence-electron chi connectivity index (χ1n) is 6.80. The Labute approximate surface area is 126 Å². The normalized spacial score (nSPS) is 16.9. The van der Waals surface area contributed by atoms with Gasteiger partial charge in [0.05, 0.1) is 18.4 Å². The molecular formula is C13H18ClN3O2S. The second-order valence-electron chi connectivity index (χ2n) is 5.17. The molecular weight excluding hydrogens is 298 g/mol. The molecule has 0 saturated heterocycles. The maximum absolute atomic E-state index is 9.81. The second-order valence-corrected chi connectivity index (χ2v) is 6.40. The molecule has 110 valence electrons. The van der Waals surface area contributed by atoms with Crippen molar-refractivity contribution in [1.29, 1.82) is 0 Å². The lowest BCUT2D eigenvalue weighted by atomic mass is 10.3. The van der Waals surface area contributed by atoms with Gasteiger partial charge < -0.3 is 15.2 Å². The largest absolute Gasteiger partial charge is 0.389 e. The first-order valence-corrected chi connectivity index (χ1v) is 8.06. The fourth-order valence-electron chi connectivity index (χ4n) is 2.04. The van der Waals surface area contributed by atoms with Gasteiger partial charge in [-0.1, -0.05) is 11.6 Å². The molecule has 2 N–H and O–H groups in total. The summed E-state index contributed by atoms with van der Waals surface area (Å²) in [6.45, 7) is 2.23. The predicted molar refractivity (Wildman–Crippen MR) is 79.3 cm³/mol. The highest BCUT2D eigenvalue weighted by Crippen LogP contribution is 2.28. The van der Waals surface area contributed by atoms with E-state index >= 15 is 0 Å². The number of hydrogen-bond donors (Lipinski definition) is 2. The molecule has 1 fully saturated rings. The third-order valence-electron chi connectivity index (χ3n) is 3.35. The van der Waals surface area contributed by atoms with E-state index in [0.29, 0.717) is 24.8 Å². The average Bonchev–Trinajstić information content (AvgIpc) is 3.05. The summed E-state index contributed by atoms with van der Waals surface area (Å²) in [5.74, 6) is 0.729. The quantitative estimate of drug-likeness (QED) is 0.781. The molecule has 0 radical (unpaired) electrons. The maximum atomic E-state index is 9.81. The topological polar surface area (TPSA) is 58.8 Å². The van der Waals surface area contributed by atoms with E-state index in [2.05, 4.69) is 10.3 Å². The van der Waals surface area contributed by atoms with Gasteiger partial charge in [0.25, 0.3) is 0 Å². The van der Waals surface area contributed by atoms with E-state index in [4.69, 9.17) is 16.3 Å². The summed E-state index contributed by atoms with van der Waals surface area (Å²) in [7, 11) is 0. The van der Waals surface area contributed by atoms with Gasteiger partial charge in [0, 0.05) is 31.3 Å². The first kappa shape index (κ1) is 14.3. The minimum Gasteiger partial charge on any atom is -0.389 e. The third kappa shape index (κ3) is 3.51. The summed E-state index contributed by atoms with van der Waals surface area (Å²) in [6, 6.07) is 0. The van der Waals surface area contributed by atoms with Gasteiger partial charge in [-0.3, -0.25) is 4.40 Å². The SMILES string of the molecule is OC(CNCc1c(Cl)nc2sccn12)COCC1CC1. The number of fused-ring (bicyclic) bond motifs is 1. The number of aliphatic hydroxyl groups excluding tert-OH is 1. The number of nitrogens with zero attached hydrogens (tertiary/aromatic N) is 2. The third-order valence-corrected chi connectivity index (χ3v) is 4.40. The first-order chi connectivity index (χ1) is 9.74. The van der Waals surface area contributed by atoms with Crippen LogP contribution < -0.4 is 5.32 Å². The number of nitrogens with one attached hydrogen (secondary N) is 1. The molecule has 3 rings (SSSR count). The van der Waals surface area contributed by atoms with Gasteiger partial charge >= 0.3 is 0 Å². The highest BCUT2D eigenvalue weighted by Gasteiger charge is 2.21. The molecule has 5 nitrogen and oxygen atoms in total. The maximum Gasteiger partial charge on any atom is 0.195 e. The number of imidazole rings is 1. The molecule has 1 aliphatic carbocycles. The number of hydrogen-bond acceptors (Lipinski definition) is 5. The van der Waals surface area contributed by atoms with E-state index in [1.165, 1.54) is 12.8 Å². The van der Waals surface area contributed by atoms with Crippen molar-refractivity contribution in [2.24, 2.45) is 5.92 Å². The predicted octanol–water partition coefficient (Wildman–Crippen LogP) is 1.93. The van der Waals surface area contributed by atoms with E-state index in [1.807, 2.05) is 16.0 Å². The van der Waals surface area contributed by atoms with Gasteiger partial charge in [0.2, 0.25) is 0 Å². The molecule has 0 bridgehead atoms. The molecule has 2 aromatic heterocycles. The number of halogens is 1. The minimum atomic E-state index is -0.488. The number of ether oxygens (including phenoxy) is 1. The molecule has 0 aromatic carbocycles.